The molecule has 0 aliphatic heterocycles. The van der Waals surface area contributed by atoms with Gasteiger partial charge >= 0.3 is 0 Å². The molecule has 0 N–H and O–H groups in total. The summed E-state index contributed by atoms with van der Waals surface area (Å²) in [6.45, 7) is 15.2. The molecule has 4 unspecified atom stereocenters. The van der Waals surface area contributed by atoms with E-state index in [1.807, 2.05) is 0 Å². The molecule has 2 aromatic carbocycles. The van der Waals surface area contributed by atoms with Crippen molar-refractivity contribution in [3.05, 3.63) is 82.9 Å². The maximum atomic E-state index is 2.72. The van der Waals surface area contributed by atoms with E-state index in [1.54, 1.807) is 11.1 Å². The van der Waals surface area contributed by atoms with E-state index in [9.17, 15) is 0 Å². The average Bonchev–Trinajstić information content (AvgIpc) is 2.86. The fourth-order valence-electron chi connectivity index (χ4n) is 15.4. The molecule has 8 saturated carbocycles. The molecule has 0 heteroatoms. The van der Waals surface area contributed by atoms with Gasteiger partial charge in [-0.25, -0.2) is 0 Å². The van der Waals surface area contributed by atoms with E-state index < -0.39 is 0 Å². The Morgan fingerprint density at radius 2 is 0.714 bits per heavy atom. The average molecular weight is 559 g/mol. The SMILES string of the molecule is CC=Cc1ccc(C23CC4(C)CC(C)(C2)CC(C25CC6(C)CC(C)(CC(c7ccc(C=CC)cc7)(C6)C2)C5)(C4)C3)cc1. The Bertz CT molecular complexity index is 1310. The van der Waals surface area contributed by atoms with Gasteiger partial charge in [0.2, 0.25) is 0 Å². The molecule has 0 amide bonds. The number of hydrogen-bond acceptors (Lipinski definition) is 0. The van der Waals surface area contributed by atoms with E-state index in [0.29, 0.717) is 43.3 Å². The zero-order valence-electron chi connectivity index (χ0n) is 27.4. The van der Waals surface area contributed by atoms with Crippen LogP contribution in [0.15, 0.2) is 60.7 Å². The van der Waals surface area contributed by atoms with Crippen molar-refractivity contribution < 1.29 is 0 Å². The molecule has 0 aromatic heterocycles. The highest BCUT2D eigenvalue weighted by atomic mass is 14.8. The summed E-state index contributed by atoms with van der Waals surface area (Å²) in [5, 5.41) is 0. The second-order valence-corrected chi connectivity index (χ2v) is 18.7. The molecule has 8 aliphatic carbocycles. The van der Waals surface area contributed by atoms with Crippen LogP contribution in [-0.2, 0) is 10.8 Å². The highest BCUT2D eigenvalue weighted by Gasteiger charge is 2.76. The first-order valence-corrected chi connectivity index (χ1v) is 17.3. The number of allylic oxidation sites excluding steroid dienone is 2. The van der Waals surface area contributed by atoms with Gasteiger partial charge in [0, 0.05) is 0 Å². The van der Waals surface area contributed by atoms with Crippen LogP contribution in [-0.4, -0.2) is 0 Å². The summed E-state index contributed by atoms with van der Waals surface area (Å²) in [5.41, 5.74) is 9.52. The number of benzene rings is 2. The third kappa shape index (κ3) is 3.78. The molecule has 42 heavy (non-hydrogen) atoms. The second kappa shape index (κ2) is 8.34. The van der Waals surface area contributed by atoms with Crippen molar-refractivity contribution in [3.8, 4) is 0 Å². The summed E-state index contributed by atoms with van der Waals surface area (Å²) in [5.74, 6) is 0. The van der Waals surface area contributed by atoms with Gasteiger partial charge < -0.3 is 0 Å². The Hall–Kier alpha value is -2.08. The Labute approximate surface area is 256 Å². The smallest absolute Gasteiger partial charge is 0.00311 e. The van der Waals surface area contributed by atoms with Crippen LogP contribution >= 0.6 is 0 Å². The standard InChI is InChI=1S/C42H54/c1-7-9-31-11-15-33(16-12-31)39-21-35(3)19-36(4,22-39)26-41(25-35,29-39)42-27-37(5)20-38(6,28-42)24-40(23-37,30-42)34-17-13-32(10-8-2)14-18-34/h7-18H,19-30H2,1-6H3. The van der Waals surface area contributed by atoms with Gasteiger partial charge in [0.25, 0.3) is 0 Å². The van der Waals surface area contributed by atoms with Crippen LogP contribution in [0.1, 0.15) is 141 Å². The molecule has 8 bridgehead atoms. The van der Waals surface area contributed by atoms with E-state index in [2.05, 4.69) is 114 Å². The molecule has 0 nitrogen and oxygen atoms in total. The maximum Gasteiger partial charge on any atom is -0.00311 e. The van der Waals surface area contributed by atoms with Crippen molar-refractivity contribution in [2.75, 3.05) is 0 Å². The fraction of sp³-hybridized carbons (Fsp3) is 0.619. The molecule has 0 spiro atoms. The number of hydrogen-bond donors (Lipinski definition) is 0. The van der Waals surface area contributed by atoms with Gasteiger partial charge in [-0.1, -0.05) is 101 Å². The summed E-state index contributed by atoms with van der Waals surface area (Å²) >= 11 is 0. The molecule has 222 valence electrons. The third-order valence-electron chi connectivity index (χ3n) is 14.1. The molecule has 2 aromatic rings. The molecular formula is C42H54. The van der Waals surface area contributed by atoms with Crippen LogP contribution in [0.2, 0.25) is 0 Å². The van der Waals surface area contributed by atoms with E-state index in [-0.39, 0.29) is 0 Å². The van der Waals surface area contributed by atoms with E-state index in [1.165, 1.54) is 88.2 Å². The van der Waals surface area contributed by atoms with Crippen molar-refractivity contribution in [3.63, 3.8) is 0 Å². The lowest BCUT2D eigenvalue weighted by Gasteiger charge is -2.80. The highest BCUT2D eigenvalue weighted by molar-refractivity contribution is 5.52. The van der Waals surface area contributed by atoms with Gasteiger partial charge in [0.15, 0.2) is 0 Å². The molecule has 0 radical (unpaired) electrons. The minimum absolute atomic E-state index is 0.346. The molecule has 8 fully saturated rings. The Balaban J connectivity index is 1.26. The summed E-state index contributed by atoms with van der Waals surface area (Å²) in [7, 11) is 0. The lowest BCUT2D eigenvalue weighted by Crippen LogP contribution is -2.71. The van der Waals surface area contributed by atoms with Gasteiger partial charge in [-0.05, 0) is 156 Å². The highest BCUT2D eigenvalue weighted by Crippen LogP contribution is 2.85. The summed E-state index contributed by atoms with van der Waals surface area (Å²) in [6.07, 6.45) is 26.2. The molecule has 8 aliphatic rings. The quantitative estimate of drug-likeness (QED) is 0.342. The largest absolute Gasteiger partial charge is 0.0871 e. The molecule has 4 atom stereocenters. The fourth-order valence-corrected chi connectivity index (χ4v) is 15.4. The van der Waals surface area contributed by atoms with E-state index in [4.69, 9.17) is 0 Å². The first kappa shape index (κ1) is 27.5. The van der Waals surface area contributed by atoms with Gasteiger partial charge in [-0.2, -0.15) is 0 Å². The number of rotatable bonds is 5. The van der Waals surface area contributed by atoms with Gasteiger partial charge in [-0.3, -0.25) is 0 Å². The van der Waals surface area contributed by atoms with Crippen molar-refractivity contribution in [2.24, 2.45) is 32.5 Å². The third-order valence-corrected chi connectivity index (χ3v) is 14.1. The van der Waals surface area contributed by atoms with Crippen molar-refractivity contribution in [2.45, 2.75) is 129 Å². The van der Waals surface area contributed by atoms with E-state index in [0.717, 1.165) is 0 Å². The summed E-state index contributed by atoms with van der Waals surface area (Å²) in [6, 6.07) is 19.8. The molecule has 0 saturated heterocycles. The minimum Gasteiger partial charge on any atom is -0.0871 e. The predicted molar refractivity (Wildman–Crippen MR) is 178 cm³/mol. The van der Waals surface area contributed by atoms with Gasteiger partial charge in [0.1, 0.15) is 0 Å². The summed E-state index contributed by atoms with van der Waals surface area (Å²) < 4.78 is 0. The van der Waals surface area contributed by atoms with Crippen molar-refractivity contribution in [1.29, 1.82) is 0 Å². The van der Waals surface area contributed by atoms with Crippen molar-refractivity contribution >= 4 is 12.2 Å². The lowest BCUT2D eigenvalue weighted by molar-refractivity contribution is -0.275. The zero-order valence-corrected chi connectivity index (χ0v) is 27.4. The van der Waals surface area contributed by atoms with Crippen LogP contribution in [0.3, 0.4) is 0 Å². The van der Waals surface area contributed by atoms with Crippen LogP contribution in [0.25, 0.3) is 12.2 Å². The van der Waals surface area contributed by atoms with Crippen LogP contribution in [0.4, 0.5) is 0 Å². The normalized spacial score (nSPS) is 48.6. The van der Waals surface area contributed by atoms with E-state index >= 15 is 0 Å². The molecule has 0 heterocycles. The zero-order chi connectivity index (χ0) is 29.3. The Kier molecular flexibility index (Phi) is 5.45. The maximum absolute atomic E-state index is 2.72. The molecule has 10 rings (SSSR count). The topological polar surface area (TPSA) is 0 Å². The monoisotopic (exact) mass is 558 g/mol. The molecular weight excluding hydrogens is 504 g/mol. The van der Waals surface area contributed by atoms with Crippen LogP contribution < -0.4 is 0 Å². The van der Waals surface area contributed by atoms with Gasteiger partial charge in [-0.15, -0.1) is 0 Å². The first-order chi connectivity index (χ1) is 19.8. The predicted octanol–water partition coefficient (Wildman–Crippen LogP) is 11.7. The van der Waals surface area contributed by atoms with Crippen LogP contribution in [0, 0.1) is 32.5 Å². The first-order valence-electron chi connectivity index (χ1n) is 17.3. The van der Waals surface area contributed by atoms with Gasteiger partial charge in [0.05, 0.1) is 0 Å². The Morgan fingerprint density at radius 1 is 0.405 bits per heavy atom. The second-order valence-electron chi connectivity index (χ2n) is 18.7. The lowest BCUT2D eigenvalue weighted by atomic mass is 9.24. The van der Waals surface area contributed by atoms with Crippen LogP contribution in [0.5, 0.6) is 0 Å². The minimum atomic E-state index is 0.346. The Morgan fingerprint density at radius 3 is 1.00 bits per heavy atom. The summed E-state index contributed by atoms with van der Waals surface area (Å²) in [4.78, 5) is 0. The van der Waals surface area contributed by atoms with Crippen molar-refractivity contribution in [1.82, 2.24) is 0 Å².